The monoisotopic (exact) mass is 421 g/mol. The first-order chi connectivity index (χ1) is 15.1. The largest absolute Gasteiger partial charge is 0.356 e. The first-order valence-corrected chi connectivity index (χ1v) is 11.1. The molecule has 1 unspecified atom stereocenters. The lowest BCUT2D eigenvalue weighted by molar-refractivity contribution is 0.0827. The summed E-state index contributed by atoms with van der Waals surface area (Å²) in [5.41, 5.74) is 3.20. The number of nitrogens with zero attached hydrogens (tertiary/aromatic N) is 3. The molecule has 0 saturated carbocycles. The molecule has 2 N–H and O–H groups in total. The Hall–Kier alpha value is -2.86. The lowest BCUT2D eigenvalue weighted by atomic mass is 10.1. The second kappa shape index (κ2) is 11.5. The highest BCUT2D eigenvalue weighted by molar-refractivity contribution is 5.94. The summed E-state index contributed by atoms with van der Waals surface area (Å²) < 4.78 is 0. The molecular weight excluding hydrogens is 386 g/mol. The zero-order chi connectivity index (χ0) is 22.1. The van der Waals surface area contributed by atoms with Crippen LogP contribution in [0.2, 0.25) is 0 Å². The number of amides is 1. The van der Waals surface area contributed by atoms with Crippen LogP contribution in [0.1, 0.15) is 40.4 Å². The van der Waals surface area contributed by atoms with E-state index >= 15 is 0 Å². The highest BCUT2D eigenvalue weighted by atomic mass is 16.2. The average molecular weight is 422 g/mol. The molecule has 1 aliphatic heterocycles. The average Bonchev–Trinajstić information content (AvgIpc) is 3.33. The van der Waals surface area contributed by atoms with Crippen molar-refractivity contribution < 1.29 is 4.79 Å². The fourth-order valence-corrected chi connectivity index (χ4v) is 4.04. The van der Waals surface area contributed by atoms with Gasteiger partial charge in [-0.1, -0.05) is 42.5 Å². The molecule has 1 atom stereocenters. The van der Waals surface area contributed by atoms with Crippen LogP contribution in [-0.4, -0.2) is 69.0 Å². The van der Waals surface area contributed by atoms with Crippen molar-refractivity contribution in [1.82, 2.24) is 20.4 Å². The molecule has 1 aliphatic rings. The van der Waals surface area contributed by atoms with E-state index in [1.165, 1.54) is 18.4 Å². The van der Waals surface area contributed by atoms with E-state index in [0.717, 1.165) is 49.7 Å². The van der Waals surface area contributed by atoms with Gasteiger partial charge in [-0.2, -0.15) is 0 Å². The number of guanidine groups is 1. The SMILES string of the molecule is CN=C(NCCc1cccc(C(=O)N(C)C)c1)NCC(c1ccccc1)N1CCCC1. The number of hydrogen-bond donors (Lipinski definition) is 2. The van der Waals surface area contributed by atoms with E-state index in [-0.39, 0.29) is 5.91 Å². The van der Waals surface area contributed by atoms with Crippen LogP contribution in [-0.2, 0) is 6.42 Å². The maximum absolute atomic E-state index is 12.2. The molecule has 31 heavy (non-hydrogen) atoms. The molecule has 0 spiro atoms. The molecule has 2 aromatic rings. The molecule has 0 radical (unpaired) electrons. The molecule has 0 aromatic heterocycles. The standard InChI is InChI=1S/C25H35N5O/c1-26-25(27-15-14-20-10-9-13-22(18-20)24(31)29(2)3)28-19-23(30-16-7-8-17-30)21-11-5-4-6-12-21/h4-6,9-13,18,23H,7-8,14-17,19H2,1-3H3,(H2,26,27,28). The second-order valence-corrected chi connectivity index (χ2v) is 8.20. The molecule has 1 saturated heterocycles. The van der Waals surface area contributed by atoms with Crippen LogP contribution in [0.15, 0.2) is 59.6 Å². The molecule has 6 heteroatoms. The van der Waals surface area contributed by atoms with Gasteiger partial charge in [0.15, 0.2) is 5.96 Å². The van der Waals surface area contributed by atoms with Crippen molar-refractivity contribution in [3.8, 4) is 0 Å². The van der Waals surface area contributed by atoms with Gasteiger partial charge in [0.2, 0.25) is 0 Å². The summed E-state index contributed by atoms with van der Waals surface area (Å²) in [5, 5.41) is 6.92. The summed E-state index contributed by atoms with van der Waals surface area (Å²) in [4.78, 5) is 20.7. The van der Waals surface area contributed by atoms with E-state index in [9.17, 15) is 4.79 Å². The lowest BCUT2D eigenvalue weighted by Crippen LogP contribution is -2.43. The first kappa shape index (κ1) is 22.8. The number of rotatable bonds is 8. The van der Waals surface area contributed by atoms with Gasteiger partial charge in [0.1, 0.15) is 0 Å². The van der Waals surface area contributed by atoms with Crippen molar-refractivity contribution in [2.45, 2.75) is 25.3 Å². The van der Waals surface area contributed by atoms with Crippen molar-refractivity contribution in [1.29, 1.82) is 0 Å². The topological polar surface area (TPSA) is 60.0 Å². The van der Waals surface area contributed by atoms with Crippen LogP contribution in [0, 0.1) is 0 Å². The first-order valence-electron chi connectivity index (χ1n) is 11.1. The summed E-state index contributed by atoms with van der Waals surface area (Å²) in [6.07, 6.45) is 3.36. The number of carbonyl (C=O) groups excluding carboxylic acids is 1. The van der Waals surface area contributed by atoms with Gasteiger partial charge in [0.05, 0.1) is 6.04 Å². The number of hydrogen-bond acceptors (Lipinski definition) is 3. The maximum atomic E-state index is 12.2. The maximum Gasteiger partial charge on any atom is 0.253 e. The number of benzene rings is 2. The van der Waals surface area contributed by atoms with Gasteiger partial charge < -0.3 is 15.5 Å². The van der Waals surface area contributed by atoms with E-state index < -0.39 is 0 Å². The molecule has 1 heterocycles. The van der Waals surface area contributed by atoms with Crippen LogP contribution < -0.4 is 10.6 Å². The van der Waals surface area contributed by atoms with Crippen LogP contribution in [0.4, 0.5) is 0 Å². The third-order valence-electron chi connectivity index (χ3n) is 5.74. The van der Waals surface area contributed by atoms with Gasteiger partial charge >= 0.3 is 0 Å². The Bertz CT molecular complexity index is 859. The second-order valence-electron chi connectivity index (χ2n) is 8.20. The normalized spacial score (nSPS) is 15.5. The molecule has 0 bridgehead atoms. The number of likely N-dealkylation sites (tertiary alicyclic amines) is 1. The third-order valence-corrected chi connectivity index (χ3v) is 5.74. The third kappa shape index (κ3) is 6.56. The summed E-state index contributed by atoms with van der Waals surface area (Å²) in [7, 11) is 5.35. The van der Waals surface area contributed by atoms with Crippen molar-refractivity contribution in [2.24, 2.45) is 4.99 Å². The van der Waals surface area contributed by atoms with Crippen LogP contribution in [0.25, 0.3) is 0 Å². The predicted octanol–water partition coefficient (Wildman–Crippen LogP) is 2.93. The minimum atomic E-state index is 0.0288. The number of aliphatic imine (C=N–C) groups is 1. The van der Waals surface area contributed by atoms with Crippen molar-refractivity contribution in [3.63, 3.8) is 0 Å². The number of carbonyl (C=O) groups is 1. The van der Waals surface area contributed by atoms with Gasteiger partial charge in [-0.3, -0.25) is 14.7 Å². The molecule has 3 rings (SSSR count). The van der Waals surface area contributed by atoms with E-state index in [1.807, 2.05) is 18.2 Å². The molecule has 1 fully saturated rings. The molecule has 166 valence electrons. The van der Waals surface area contributed by atoms with Gasteiger partial charge in [0, 0.05) is 39.8 Å². The molecule has 6 nitrogen and oxygen atoms in total. The predicted molar refractivity (Wildman–Crippen MR) is 128 cm³/mol. The zero-order valence-electron chi connectivity index (χ0n) is 19.0. The highest BCUT2D eigenvalue weighted by Gasteiger charge is 2.23. The fraction of sp³-hybridized carbons (Fsp3) is 0.440. The van der Waals surface area contributed by atoms with Gasteiger partial charge in [-0.15, -0.1) is 0 Å². The molecule has 0 aliphatic carbocycles. The Morgan fingerprint density at radius 2 is 1.81 bits per heavy atom. The Morgan fingerprint density at radius 1 is 1.06 bits per heavy atom. The lowest BCUT2D eigenvalue weighted by Gasteiger charge is -2.29. The Morgan fingerprint density at radius 3 is 2.48 bits per heavy atom. The van der Waals surface area contributed by atoms with Gasteiger partial charge in [-0.05, 0) is 55.6 Å². The van der Waals surface area contributed by atoms with E-state index in [0.29, 0.717) is 6.04 Å². The van der Waals surface area contributed by atoms with Crippen molar-refractivity contribution in [2.75, 3.05) is 47.3 Å². The Balaban J connectivity index is 1.53. The van der Waals surface area contributed by atoms with Crippen LogP contribution >= 0.6 is 0 Å². The van der Waals surface area contributed by atoms with Crippen molar-refractivity contribution >= 4 is 11.9 Å². The Kier molecular flexibility index (Phi) is 8.47. The molecule has 1 amide bonds. The van der Waals surface area contributed by atoms with E-state index in [2.05, 4.69) is 56.9 Å². The van der Waals surface area contributed by atoms with E-state index in [1.54, 1.807) is 26.0 Å². The van der Waals surface area contributed by atoms with Crippen LogP contribution in [0.3, 0.4) is 0 Å². The van der Waals surface area contributed by atoms with Gasteiger partial charge in [0.25, 0.3) is 5.91 Å². The summed E-state index contributed by atoms with van der Waals surface area (Å²) in [5.74, 6) is 0.835. The van der Waals surface area contributed by atoms with E-state index in [4.69, 9.17) is 0 Å². The smallest absolute Gasteiger partial charge is 0.253 e. The highest BCUT2D eigenvalue weighted by Crippen LogP contribution is 2.24. The van der Waals surface area contributed by atoms with Crippen LogP contribution in [0.5, 0.6) is 0 Å². The summed E-state index contributed by atoms with van der Waals surface area (Å²) >= 11 is 0. The molecule has 2 aromatic carbocycles. The van der Waals surface area contributed by atoms with Gasteiger partial charge in [-0.25, -0.2) is 0 Å². The van der Waals surface area contributed by atoms with Crippen molar-refractivity contribution in [3.05, 3.63) is 71.3 Å². The quantitative estimate of drug-likeness (QED) is 0.508. The molecular formula is C25H35N5O. The minimum absolute atomic E-state index is 0.0288. The fourth-order valence-electron chi connectivity index (χ4n) is 4.04. The minimum Gasteiger partial charge on any atom is -0.356 e. The Labute approximate surface area is 186 Å². The summed E-state index contributed by atoms with van der Waals surface area (Å²) in [6.45, 7) is 3.86. The zero-order valence-corrected chi connectivity index (χ0v) is 19.0. The number of nitrogens with one attached hydrogen (secondary N) is 2. The summed E-state index contributed by atoms with van der Waals surface area (Å²) in [6, 6.07) is 18.9.